The number of amides is 4. The number of nitrogens with zero attached hydrogens (tertiary/aromatic N) is 1. The van der Waals surface area contributed by atoms with E-state index in [1.165, 1.54) is 0 Å². The maximum absolute atomic E-state index is 12.4. The highest BCUT2D eigenvalue weighted by molar-refractivity contribution is 6.08. The van der Waals surface area contributed by atoms with Crippen molar-refractivity contribution in [3.05, 3.63) is 29.8 Å². The van der Waals surface area contributed by atoms with Gasteiger partial charge in [-0.2, -0.15) is 0 Å². The minimum atomic E-state index is -0.979. The molecule has 2 aliphatic heterocycles. The molecule has 2 saturated heterocycles. The Kier molecular flexibility index (Phi) is 2.63. The van der Waals surface area contributed by atoms with Crippen molar-refractivity contribution in [2.45, 2.75) is 12.0 Å². The molecule has 0 bridgehead atoms. The van der Waals surface area contributed by atoms with E-state index >= 15 is 0 Å². The number of anilines is 1. The van der Waals surface area contributed by atoms with E-state index in [0.29, 0.717) is 24.2 Å². The maximum atomic E-state index is 12.4. The van der Waals surface area contributed by atoms with Gasteiger partial charge in [0.2, 0.25) is 0 Å². The summed E-state index contributed by atoms with van der Waals surface area (Å²) in [6.45, 7) is 0.597. The Morgan fingerprint density at radius 1 is 1.35 bits per heavy atom. The third kappa shape index (κ3) is 1.87. The average molecular weight is 274 g/mol. The lowest BCUT2D eigenvalue weighted by molar-refractivity contribution is -0.123. The summed E-state index contributed by atoms with van der Waals surface area (Å²) in [6, 6.07) is 6.18. The second-order valence-electron chi connectivity index (χ2n) is 5.09. The molecule has 0 aliphatic carbocycles. The predicted octanol–water partition coefficient (Wildman–Crippen LogP) is -0.307. The first-order chi connectivity index (χ1) is 9.50. The highest BCUT2D eigenvalue weighted by atomic mass is 16.2. The third-order valence-electron chi connectivity index (χ3n) is 3.70. The van der Waals surface area contributed by atoms with Crippen molar-refractivity contribution in [2.75, 3.05) is 18.8 Å². The fraction of sp³-hybridized carbons (Fsp3) is 0.308. The molecule has 1 atom stereocenters. The van der Waals surface area contributed by atoms with E-state index in [9.17, 15) is 14.4 Å². The van der Waals surface area contributed by atoms with Crippen LogP contribution in [0.15, 0.2) is 24.3 Å². The fourth-order valence-electron chi connectivity index (χ4n) is 2.65. The standard InChI is InChI=1S/C13H14N4O3/c14-9-3-1-2-8(6-9)10(18)17-5-4-13(7-17)11(19)15-12(20)16-13/h1-3,6H,4-5,7,14H2,(H2,15,16,19,20). The van der Waals surface area contributed by atoms with Gasteiger partial charge in [-0.1, -0.05) is 6.07 Å². The Morgan fingerprint density at radius 3 is 2.80 bits per heavy atom. The van der Waals surface area contributed by atoms with E-state index in [1.807, 2.05) is 0 Å². The number of nitrogens with two attached hydrogens (primary N) is 1. The van der Waals surface area contributed by atoms with Crippen molar-refractivity contribution >= 4 is 23.5 Å². The number of urea groups is 1. The number of benzene rings is 1. The van der Waals surface area contributed by atoms with Crippen LogP contribution in [0.25, 0.3) is 0 Å². The van der Waals surface area contributed by atoms with Crippen LogP contribution >= 0.6 is 0 Å². The molecule has 7 nitrogen and oxygen atoms in total. The number of carbonyl (C=O) groups is 3. The molecule has 2 fully saturated rings. The van der Waals surface area contributed by atoms with Crippen molar-refractivity contribution in [3.8, 4) is 0 Å². The van der Waals surface area contributed by atoms with Gasteiger partial charge in [-0.15, -0.1) is 0 Å². The van der Waals surface area contributed by atoms with Gasteiger partial charge in [0, 0.05) is 17.8 Å². The van der Waals surface area contributed by atoms with E-state index in [2.05, 4.69) is 10.6 Å². The van der Waals surface area contributed by atoms with Crippen LogP contribution in [0.5, 0.6) is 0 Å². The SMILES string of the molecule is Nc1cccc(C(=O)N2CCC3(C2)NC(=O)NC3=O)c1. The van der Waals surface area contributed by atoms with Gasteiger partial charge in [-0.25, -0.2) is 4.79 Å². The lowest BCUT2D eigenvalue weighted by Crippen LogP contribution is -2.49. The Balaban J connectivity index is 1.79. The summed E-state index contributed by atoms with van der Waals surface area (Å²) in [6.07, 6.45) is 0.415. The monoisotopic (exact) mass is 274 g/mol. The molecule has 2 aliphatic rings. The molecule has 2 heterocycles. The predicted molar refractivity (Wildman–Crippen MR) is 70.8 cm³/mol. The van der Waals surface area contributed by atoms with Gasteiger partial charge in [0.15, 0.2) is 0 Å². The molecular formula is C13H14N4O3. The molecule has 4 amide bonds. The summed E-state index contributed by atoms with van der Waals surface area (Å²) in [7, 11) is 0. The van der Waals surface area contributed by atoms with Crippen LogP contribution in [-0.2, 0) is 4.79 Å². The molecular weight excluding hydrogens is 260 g/mol. The third-order valence-corrected chi connectivity index (χ3v) is 3.70. The van der Waals surface area contributed by atoms with Crippen LogP contribution in [0.3, 0.4) is 0 Å². The molecule has 3 rings (SSSR count). The van der Waals surface area contributed by atoms with E-state index in [0.717, 1.165) is 0 Å². The lowest BCUT2D eigenvalue weighted by atomic mass is 9.99. The Morgan fingerprint density at radius 2 is 2.15 bits per heavy atom. The van der Waals surface area contributed by atoms with Crippen LogP contribution < -0.4 is 16.4 Å². The van der Waals surface area contributed by atoms with Crippen molar-refractivity contribution in [1.29, 1.82) is 0 Å². The minimum absolute atomic E-state index is 0.179. The van der Waals surface area contributed by atoms with Crippen LogP contribution in [0.2, 0.25) is 0 Å². The average Bonchev–Trinajstić information content (AvgIpc) is 2.94. The zero-order chi connectivity index (χ0) is 14.3. The van der Waals surface area contributed by atoms with E-state index < -0.39 is 11.6 Å². The fourth-order valence-corrected chi connectivity index (χ4v) is 2.65. The first-order valence-corrected chi connectivity index (χ1v) is 6.29. The van der Waals surface area contributed by atoms with Gasteiger partial charge < -0.3 is 16.0 Å². The largest absolute Gasteiger partial charge is 0.399 e. The van der Waals surface area contributed by atoms with E-state index in [4.69, 9.17) is 5.73 Å². The summed E-state index contributed by atoms with van der Waals surface area (Å²) < 4.78 is 0. The van der Waals surface area contributed by atoms with Crippen LogP contribution in [0.1, 0.15) is 16.8 Å². The van der Waals surface area contributed by atoms with Gasteiger partial charge in [-0.3, -0.25) is 14.9 Å². The van der Waals surface area contributed by atoms with Crippen LogP contribution in [-0.4, -0.2) is 41.4 Å². The molecule has 1 unspecified atom stereocenters. The maximum Gasteiger partial charge on any atom is 0.322 e. The van der Waals surface area contributed by atoms with Crippen molar-refractivity contribution in [2.24, 2.45) is 0 Å². The summed E-state index contributed by atoms with van der Waals surface area (Å²) in [4.78, 5) is 37.0. The van der Waals surface area contributed by atoms with Gasteiger partial charge >= 0.3 is 6.03 Å². The van der Waals surface area contributed by atoms with Gasteiger partial charge in [0.1, 0.15) is 5.54 Å². The Labute approximate surface area is 115 Å². The molecule has 0 saturated carbocycles. The second-order valence-corrected chi connectivity index (χ2v) is 5.09. The molecule has 1 aromatic rings. The topological polar surface area (TPSA) is 105 Å². The van der Waals surface area contributed by atoms with Crippen molar-refractivity contribution in [1.82, 2.24) is 15.5 Å². The normalized spacial score (nSPS) is 24.9. The van der Waals surface area contributed by atoms with Gasteiger partial charge in [0.25, 0.3) is 11.8 Å². The number of carbonyl (C=O) groups excluding carboxylic acids is 3. The zero-order valence-corrected chi connectivity index (χ0v) is 10.7. The molecule has 20 heavy (non-hydrogen) atoms. The number of likely N-dealkylation sites (tertiary alicyclic amines) is 1. The number of hydrogen-bond acceptors (Lipinski definition) is 4. The number of nitrogens with one attached hydrogen (secondary N) is 2. The number of imide groups is 1. The van der Waals surface area contributed by atoms with Crippen LogP contribution in [0, 0.1) is 0 Å². The Bertz CT molecular complexity index is 615. The first kappa shape index (κ1) is 12.5. The molecule has 7 heteroatoms. The van der Waals surface area contributed by atoms with Gasteiger partial charge in [-0.05, 0) is 24.6 Å². The summed E-state index contributed by atoms with van der Waals surface area (Å²) in [5.41, 5.74) is 5.67. The molecule has 1 aromatic carbocycles. The quantitative estimate of drug-likeness (QED) is 0.482. The van der Waals surface area contributed by atoms with E-state index in [1.54, 1.807) is 29.2 Å². The number of hydrogen-bond donors (Lipinski definition) is 3. The van der Waals surface area contributed by atoms with Gasteiger partial charge in [0.05, 0.1) is 6.54 Å². The highest BCUT2D eigenvalue weighted by Crippen LogP contribution is 2.26. The zero-order valence-electron chi connectivity index (χ0n) is 10.7. The van der Waals surface area contributed by atoms with Crippen LogP contribution in [0.4, 0.5) is 10.5 Å². The molecule has 1 spiro atoms. The molecule has 0 radical (unpaired) electrons. The first-order valence-electron chi connectivity index (χ1n) is 6.29. The number of nitrogen functional groups attached to an aromatic ring is 1. The summed E-state index contributed by atoms with van der Waals surface area (Å²) >= 11 is 0. The Hall–Kier alpha value is -2.57. The lowest BCUT2D eigenvalue weighted by Gasteiger charge is -2.21. The summed E-state index contributed by atoms with van der Waals surface area (Å²) in [5.74, 6) is -0.562. The highest BCUT2D eigenvalue weighted by Gasteiger charge is 2.51. The molecule has 4 N–H and O–H groups in total. The smallest absolute Gasteiger partial charge is 0.322 e. The van der Waals surface area contributed by atoms with Crippen molar-refractivity contribution in [3.63, 3.8) is 0 Å². The number of rotatable bonds is 1. The second kappa shape index (κ2) is 4.22. The molecule has 0 aromatic heterocycles. The minimum Gasteiger partial charge on any atom is -0.399 e. The molecule has 104 valence electrons. The summed E-state index contributed by atoms with van der Waals surface area (Å²) in [5, 5.41) is 4.82. The van der Waals surface area contributed by atoms with E-state index in [-0.39, 0.29) is 18.4 Å². The van der Waals surface area contributed by atoms with Crippen molar-refractivity contribution < 1.29 is 14.4 Å².